The van der Waals surface area contributed by atoms with Gasteiger partial charge in [-0.2, -0.15) is 0 Å². The second-order valence-corrected chi connectivity index (χ2v) is 8.89. The molecule has 2 saturated carbocycles. The summed E-state index contributed by atoms with van der Waals surface area (Å²) in [6, 6.07) is 0. The first-order valence-corrected chi connectivity index (χ1v) is 9.49. The van der Waals surface area contributed by atoms with Crippen LogP contribution >= 0.6 is 0 Å². The topological polar surface area (TPSA) is 0 Å². The molecule has 2 rings (SSSR count). The summed E-state index contributed by atoms with van der Waals surface area (Å²) >= 11 is 0. The molecule has 2 aliphatic rings. The Labute approximate surface area is 128 Å². The van der Waals surface area contributed by atoms with Crippen LogP contribution in [-0.4, -0.2) is 0 Å². The molecule has 0 aromatic rings. The van der Waals surface area contributed by atoms with Crippen molar-refractivity contribution in [1.82, 2.24) is 0 Å². The van der Waals surface area contributed by atoms with Gasteiger partial charge in [0.05, 0.1) is 0 Å². The molecule has 0 N–H and O–H groups in total. The van der Waals surface area contributed by atoms with Gasteiger partial charge in [0, 0.05) is 0 Å². The molecule has 118 valence electrons. The molecule has 1 unspecified atom stereocenters. The van der Waals surface area contributed by atoms with Crippen LogP contribution < -0.4 is 0 Å². The first-order valence-electron chi connectivity index (χ1n) is 9.49. The van der Waals surface area contributed by atoms with Crippen molar-refractivity contribution in [1.29, 1.82) is 0 Å². The Morgan fingerprint density at radius 2 is 1.55 bits per heavy atom. The average Bonchev–Trinajstić information content (AvgIpc) is 2.45. The van der Waals surface area contributed by atoms with E-state index in [4.69, 9.17) is 0 Å². The van der Waals surface area contributed by atoms with Crippen LogP contribution in [0.15, 0.2) is 0 Å². The molecule has 0 aliphatic heterocycles. The van der Waals surface area contributed by atoms with Crippen LogP contribution in [-0.2, 0) is 0 Å². The van der Waals surface area contributed by atoms with Crippen molar-refractivity contribution in [3.8, 4) is 0 Å². The molecule has 0 heterocycles. The van der Waals surface area contributed by atoms with Crippen molar-refractivity contribution in [2.75, 3.05) is 0 Å². The lowest BCUT2D eigenvalue weighted by Crippen LogP contribution is -2.43. The Bertz CT molecular complexity index is 277. The molecule has 0 heteroatoms. The highest BCUT2D eigenvalue weighted by molar-refractivity contribution is 4.96. The lowest BCUT2D eigenvalue weighted by atomic mass is 9.52. The quantitative estimate of drug-likeness (QED) is 0.520. The third-order valence-corrected chi connectivity index (χ3v) is 6.54. The van der Waals surface area contributed by atoms with Gasteiger partial charge < -0.3 is 0 Å². The van der Waals surface area contributed by atoms with E-state index in [2.05, 4.69) is 27.7 Å². The summed E-state index contributed by atoms with van der Waals surface area (Å²) in [5.74, 6) is 2.01. The van der Waals surface area contributed by atoms with Gasteiger partial charge in [-0.05, 0) is 54.8 Å². The summed E-state index contributed by atoms with van der Waals surface area (Å²) in [7, 11) is 0. The van der Waals surface area contributed by atoms with Gasteiger partial charge in [0.25, 0.3) is 0 Å². The summed E-state index contributed by atoms with van der Waals surface area (Å²) in [6.45, 7) is 9.89. The summed E-state index contributed by atoms with van der Waals surface area (Å²) in [4.78, 5) is 0. The van der Waals surface area contributed by atoms with Gasteiger partial charge in [-0.1, -0.05) is 72.6 Å². The zero-order valence-corrected chi connectivity index (χ0v) is 14.6. The van der Waals surface area contributed by atoms with Gasteiger partial charge in [0.2, 0.25) is 0 Å². The van der Waals surface area contributed by atoms with Crippen LogP contribution in [0.4, 0.5) is 0 Å². The maximum Gasteiger partial charge on any atom is -0.0266 e. The van der Waals surface area contributed by atoms with Gasteiger partial charge in [-0.25, -0.2) is 0 Å². The standard InChI is InChI=1S/C20H38/c1-5-6-14-20(15-10-7-11-16-20)18-13-9-8-12-17(18)19(2,3)4/h17-18H,5-16H2,1-4H3/t17-,18?/m1/s1. The van der Waals surface area contributed by atoms with Gasteiger partial charge in [0.15, 0.2) is 0 Å². The molecular weight excluding hydrogens is 240 g/mol. The summed E-state index contributed by atoms with van der Waals surface area (Å²) in [5.41, 5.74) is 1.24. The number of rotatable bonds is 4. The minimum atomic E-state index is 0.516. The highest BCUT2D eigenvalue weighted by Crippen LogP contribution is 2.56. The average molecular weight is 279 g/mol. The van der Waals surface area contributed by atoms with Crippen LogP contribution in [0.2, 0.25) is 0 Å². The first kappa shape index (κ1) is 16.4. The van der Waals surface area contributed by atoms with E-state index >= 15 is 0 Å². The molecular formula is C20H38. The minimum absolute atomic E-state index is 0.516. The Morgan fingerprint density at radius 3 is 2.15 bits per heavy atom. The van der Waals surface area contributed by atoms with Crippen molar-refractivity contribution in [2.24, 2.45) is 22.7 Å². The lowest BCUT2D eigenvalue weighted by Gasteiger charge is -2.53. The molecule has 0 aromatic carbocycles. The molecule has 2 fully saturated rings. The Morgan fingerprint density at radius 1 is 0.900 bits per heavy atom. The van der Waals surface area contributed by atoms with Crippen molar-refractivity contribution in [3.05, 3.63) is 0 Å². The van der Waals surface area contributed by atoms with Crippen LogP contribution in [0.25, 0.3) is 0 Å². The van der Waals surface area contributed by atoms with Crippen LogP contribution in [0.5, 0.6) is 0 Å². The Balaban J connectivity index is 2.20. The van der Waals surface area contributed by atoms with Gasteiger partial charge in [-0.15, -0.1) is 0 Å². The van der Waals surface area contributed by atoms with Crippen LogP contribution in [0.3, 0.4) is 0 Å². The largest absolute Gasteiger partial charge is 0.0654 e. The number of unbranched alkanes of at least 4 members (excludes halogenated alkanes) is 1. The van der Waals surface area contributed by atoms with Gasteiger partial charge >= 0.3 is 0 Å². The maximum absolute atomic E-state index is 2.51. The monoisotopic (exact) mass is 278 g/mol. The van der Waals surface area contributed by atoms with Crippen LogP contribution in [0, 0.1) is 22.7 Å². The second kappa shape index (κ2) is 6.84. The van der Waals surface area contributed by atoms with Gasteiger partial charge in [0.1, 0.15) is 0 Å². The molecule has 0 aromatic heterocycles. The molecule has 0 bridgehead atoms. The molecule has 20 heavy (non-hydrogen) atoms. The zero-order valence-electron chi connectivity index (χ0n) is 14.6. The van der Waals surface area contributed by atoms with Crippen molar-refractivity contribution < 1.29 is 0 Å². The van der Waals surface area contributed by atoms with Crippen molar-refractivity contribution in [3.63, 3.8) is 0 Å². The molecule has 0 nitrogen and oxygen atoms in total. The highest BCUT2D eigenvalue weighted by atomic mass is 14.5. The van der Waals surface area contributed by atoms with Gasteiger partial charge in [-0.3, -0.25) is 0 Å². The fourth-order valence-corrected chi connectivity index (χ4v) is 5.49. The van der Waals surface area contributed by atoms with Crippen molar-refractivity contribution in [2.45, 2.75) is 105 Å². The van der Waals surface area contributed by atoms with E-state index in [0.29, 0.717) is 5.41 Å². The maximum atomic E-state index is 2.51. The third kappa shape index (κ3) is 3.60. The molecule has 0 spiro atoms. The molecule has 2 aliphatic carbocycles. The Hall–Kier alpha value is 0. The number of hydrogen-bond acceptors (Lipinski definition) is 0. The van der Waals surface area contributed by atoms with E-state index in [1.54, 1.807) is 12.8 Å². The predicted molar refractivity (Wildman–Crippen MR) is 89.9 cm³/mol. The molecule has 0 amide bonds. The molecule has 0 radical (unpaired) electrons. The van der Waals surface area contributed by atoms with E-state index in [0.717, 1.165) is 17.3 Å². The summed E-state index contributed by atoms with van der Waals surface area (Å²) in [5, 5.41) is 0. The van der Waals surface area contributed by atoms with E-state index in [1.807, 2.05) is 0 Å². The smallest absolute Gasteiger partial charge is 0.0266 e. The summed E-state index contributed by atoms with van der Waals surface area (Å²) < 4.78 is 0. The first-order chi connectivity index (χ1) is 9.49. The minimum Gasteiger partial charge on any atom is -0.0654 e. The van der Waals surface area contributed by atoms with E-state index < -0.39 is 0 Å². The van der Waals surface area contributed by atoms with E-state index in [9.17, 15) is 0 Å². The summed E-state index contributed by atoms with van der Waals surface area (Å²) in [6.07, 6.45) is 18.0. The third-order valence-electron chi connectivity index (χ3n) is 6.54. The zero-order chi connectivity index (χ0) is 14.6. The fourth-order valence-electron chi connectivity index (χ4n) is 5.49. The van der Waals surface area contributed by atoms with E-state index in [1.165, 1.54) is 64.2 Å². The number of hydrogen-bond donors (Lipinski definition) is 0. The van der Waals surface area contributed by atoms with Crippen molar-refractivity contribution >= 4 is 0 Å². The molecule has 2 atom stereocenters. The predicted octanol–water partition coefficient (Wildman–Crippen LogP) is 6.98. The SMILES string of the molecule is CCCCC1(C2CCCC[C@H]2C(C)(C)C)CCCCC1. The fraction of sp³-hybridized carbons (Fsp3) is 1.00. The van der Waals surface area contributed by atoms with Crippen LogP contribution in [0.1, 0.15) is 105 Å². The normalized spacial score (nSPS) is 31.2. The van der Waals surface area contributed by atoms with E-state index in [-0.39, 0.29) is 0 Å². The molecule has 0 saturated heterocycles. The Kier molecular flexibility index (Phi) is 5.60. The highest BCUT2D eigenvalue weighted by Gasteiger charge is 2.46. The lowest BCUT2D eigenvalue weighted by molar-refractivity contribution is -0.0260. The second-order valence-electron chi connectivity index (χ2n) is 8.89.